The lowest BCUT2D eigenvalue weighted by molar-refractivity contribution is 0.414. The smallest absolute Gasteiger partial charge is 0.126 e. The van der Waals surface area contributed by atoms with Gasteiger partial charge in [0, 0.05) is 5.54 Å². The molecule has 1 nitrogen and oxygen atoms in total. The van der Waals surface area contributed by atoms with Gasteiger partial charge in [0.25, 0.3) is 0 Å². The van der Waals surface area contributed by atoms with Gasteiger partial charge in [0.05, 0.1) is 0 Å². The summed E-state index contributed by atoms with van der Waals surface area (Å²) in [5, 5.41) is 3.54. The van der Waals surface area contributed by atoms with Crippen LogP contribution in [0.3, 0.4) is 0 Å². The molecule has 0 amide bonds. The third-order valence-corrected chi connectivity index (χ3v) is 3.43. The van der Waals surface area contributed by atoms with Crippen molar-refractivity contribution in [2.75, 3.05) is 6.54 Å². The average Bonchev–Trinajstić information content (AvgIpc) is 2.97. The van der Waals surface area contributed by atoms with Crippen molar-refractivity contribution in [2.45, 2.75) is 45.6 Å². The summed E-state index contributed by atoms with van der Waals surface area (Å²) >= 11 is 0. The molecule has 0 heterocycles. The zero-order valence-electron chi connectivity index (χ0n) is 11.2. The Hall–Kier alpha value is -0.890. The van der Waals surface area contributed by atoms with Crippen molar-refractivity contribution in [1.29, 1.82) is 0 Å². The van der Waals surface area contributed by atoms with Crippen LogP contribution in [0, 0.1) is 18.7 Å². The summed E-state index contributed by atoms with van der Waals surface area (Å²) in [5.41, 5.74) is 2.24. The van der Waals surface area contributed by atoms with Crippen LogP contribution >= 0.6 is 0 Å². The SMILES string of the molecule is Cc1cc(C2CC2CNC(C)(C)C)ccc1F. The van der Waals surface area contributed by atoms with E-state index in [9.17, 15) is 4.39 Å². The third kappa shape index (κ3) is 3.29. The maximum Gasteiger partial charge on any atom is 0.126 e. The van der Waals surface area contributed by atoms with E-state index in [0.717, 1.165) is 18.0 Å². The molecule has 0 aromatic heterocycles. The quantitative estimate of drug-likeness (QED) is 0.843. The van der Waals surface area contributed by atoms with E-state index >= 15 is 0 Å². The summed E-state index contributed by atoms with van der Waals surface area (Å²) < 4.78 is 13.2. The van der Waals surface area contributed by atoms with Crippen molar-refractivity contribution in [3.63, 3.8) is 0 Å². The molecule has 1 aliphatic carbocycles. The fourth-order valence-corrected chi connectivity index (χ4v) is 2.22. The molecule has 1 aromatic carbocycles. The molecule has 0 radical (unpaired) electrons. The van der Waals surface area contributed by atoms with Crippen LogP contribution < -0.4 is 5.32 Å². The molecule has 1 fully saturated rings. The lowest BCUT2D eigenvalue weighted by Gasteiger charge is -2.20. The van der Waals surface area contributed by atoms with Crippen LogP contribution in [0.4, 0.5) is 4.39 Å². The molecule has 1 saturated carbocycles. The van der Waals surface area contributed by atoms with Gasteiger partial charge in [0.1, 0.15) is 5.82 Å². The van der Waals surface area contributed by atoms with E-state index in [2.05, 4.69) is 26.1 Å². The molecule has 0 aliphatic heterocycles. The summed E-state index contributed by atoms with van der Waals surface area (Å²) in [6.45, 7) is 9.46. The Kier molecular flexibility index (Phi) is 3.26. The molecule has 2 rings (SSSR count). The molecule has 2 heteroatoms. The molecule has 94 valence electrons. The van der Waals surface area contributed by atoms with Gasteiger partial charge in [0.2, 0.25) is 0 Å². The largest absolute Gasteiger partial charge is 0.312 e. The summed E-state index contributed by atoms with van der Waals surface area (Å²) in [5.74, 6) is 1.25. The number of halogens is 1. The van der Waals surface area contributed by atoms with Crippen molar-refractivity contribution in [3.8, 4) is 0 Å². The Labute approximate surface area is 103 Å². The van der Waals surface area contributed by atoms with Crippen LogP contribution in [-0.4, -0.2) is 12.1 Å². The number of aryl methyl sites for hydroxylation is 1. The number of hydrogen-bond donors (Lipinski definition) is 1. The highest BCUT2D eigenvalue weighted by atomic mass is 19.1. The zero-order chi connectivity index (χ0) is 12.6. The molecule has 17 heavy (non-hydrogen) atoms. The monoisotopic (exact) mass is 235 g/mol. The molecule has 0 bridgehead atoms. The van der Waals surface area contributed by atoms with E-state index in [4.69, 9.17) is 0 Å². The summed E-state index contributed by atoms with van der Waals surface area (Å²) in [4.78, 5) is 0. The first-order valence-electron chi connectivity index (χ1n) is 6.38. The highest BCUT2D eigenvalue weighted by molar-refractivity contribution is 5.31. The van der Waals surface area contributed by atoms with Gasteiger partial charge >= 0.3 is 0 Å². The highest BCUT2D eigenvalue weighted by Gasteiger charge is 2.38. The standard InChI is InChI=1S/C15H22FN/c1-10-7-11(5-6-14(10)16)13-8-12(13)9-17-15(2,3)4/h5-7,12-13,17H,8-9H2,1-4H3. The minimum Gasteiger partial charge on any atom is -0.312 e. The topological polar surface area (TPSA) is 12.0 Å². The van der Waals surface area contributed by atoms with Gasteiger partial charge in [-0.25, -0.2) is 4.39 Å². The van der Waals surface area contributed by atoms with E-state index in [1.165, 1.54) is 12.0 Å². The molecule has 1 aromatic rings. The second-order valence-corrected chi connectivity index (χ2v) is 6.24. The van der Waals surface area contributed by atoms with Gasteiger partial charge in [-0.2, -0.15) is 0 Å². The van der Waals surface area contributed by atoms with Crippen molar-refractivity contribution in [1.82, 2.24) is 5.32 Å². The van der Waals surface area contributed by atoms with Crippen LogP contribution in [-0.2, 0) is 0 Å². The van der Waals surface area contributed by atoms with Crippen LogP contribution in [0.25, 0.3) is 0 Å². The first-order valence-corrected chi connectivity index (χ1v) is 6.38. The molecule has 2 atom stereocenters. The van der Waals surface area contributed by atoms with Crippen LogP contribution in [0.5, 0.6) is 0 Å². The molecule has 1 aliphatic rings. The summed E-state index contributed by atoms with van der Waals surface area (Å²) in [6, 6.07) is 5.53. The fraction of sp³-hybridized carbons (Fsp3) is 0.600. The van der Waals surface area contributed by atoms with E-state index in [1.807, 2.05) is 19.1 Å². The number of nitrogens with one attached hydrogen (secondary N) is 1. The van der Waals surface area contributed by atoms with E-state index in [1.54, 1.807) is 6.07 Å². The maximum absolute atomic E-state index is 13.2. The molecule has 2 unspecified atom stereocenters. The number of hydrogen-bond acceptors (Lipinski definition) is 1. The van der Waals surface area contributed by atoms with E-state index in [0.29, 0.717) is 5.92 Å². The summed E-state index contributed by atoms with van der Waals surface area (Å²) in [7, 11) is 0. The van der Waals surface area contributed by atoms with Crippen molar-refractivity contribution in [3.05, 3.63) is 35.1 Å². The second kappa shape index (κ2) is 4.41. The van der Waals surface area contributed by atoms with E-state index in [-0.39, 0.29) is 11.4 Å². The lowest BCUT2D eigenvalue weighted by Crippen LogP contribution is -2.37. The highest BCUT2D eigenvalue weighted by Crippen LogP contribution is 2.47. The van der Waals surface area contributed by atoms with Crippen molar-refractivity contribution < 1.29 is 4.39 Å². The van der Waals surface area contributed by atoms with Crippen molar-refractivity contribution >= 4 is 0 Å². The van der Waals surface area contributed by atoms with Crippen LogP contribution in [0.2, 0.25) is 0 Å². The van der Waals surface area contributed by atoms with Gasteiger partial charge < -0.3 is 5.32 Å². The predicted octanol–water partition coefficient (Wildman–Crippen LogP) is 3.63. The first kappa shape index (κ1) is 12.6. The number of rotatable bonds is 3. The van der Waals surface area contributed by atoms with Crippen LogP contribution in [0.1, 0.15) is 44.2 Å². The van der Waals surface area contributed by atoms with Gasteiger partial charge in [-0.05, 0) is 69.7 Å². The van der Waals surface area contributed by atoms with Crippen LogP contribution in [0.15, 0.2) is 18.2 Å². The Balaban J connectivity index is 1.92. The Bertz CT molecular complexity index is 406. The fourth-order valence-electron chi connectivity index (χ4n) is 2.22. The van der Waals surface area contributed by atoms with Crippen molar-refractivity contribution in [2.24, 2.45) is 5.92 Å². The molecular formula is C15H22FN. The van der Waals surface area contributed by atoms with Gasteiger partial charge in [-0.3, -0.25) is 0 Å². The average molecular weight is 235 g/mol. The first-order chi connectivity index (χ1) is 7.87. The molecule has 0 spiro atoms. The minimum absolute atomic E-state index is 0.0984. The zero-order valence-corrected chi connectivity index (χ0v) is 11.2. The van der Waals surface area contributed by atoms with Gasteiger partial charge in [-0.1, -0.05) is 12.1 Å². The summed E-state index contributed by atoms with van der Waals surface area (Å²) in [6.07, 6.45) is 1.23. The van der Waals surface area contributed by atoms with Gasteiger partial charge in [0.15, 0.2) is 0 Å². The second-order valence-electron chi connectivity index (χ2n) is 6.24. The number of benzene rings is 1. The molecule has 0 saturated heterocycles. The maximum atomic E-state index is 13.2. The van der Waals surface area contributed by atoms with Gasteiger partial charge in [-0.15, -0.1) is 0 Å². The van der Waals surface area contributed by atoms with E-state index < -0.39 is 0 Å². The lowest BCUT2D eigenvalue weighted by atomic mass is 10.1. The minimum atomic E-state index is -0.0984. The Morgan fingerprint density at radius 3 is 2.65 bits per heavy atom. The predicted molar refractivity (Wildman–Crippen MR) is 69.7 cm³/mol. The normalized spacial score (nSPS) is 23.8. The Morgan fingerprint density at radius 2 is 2.06 bits per heavy atom. The third-order valence-electron chi connectivity index (χ3n) is 3.43. The Morgan fingerprint density at radius 1 is 1.35 bits per heavy atom. The molecule has 1 N–H and O–H groups in total. The molecular weight excluding hydrogens is 213 g/mol.